The highest BCUT2D eigenvalue weighted by Crippen LogP contribution is 2.24. The summed E-state index contributed by atoms with van der Waals surface area (Å²) in [5, 5.41) is 0.667. The minimum atomic E-state index is 0.155. The van der Waals surface area contributed by atoms with Crippen molar-refractivity contribution >= 4 is 33.4 Å². The summed E-state index contributed by atoms with van der Waals surface area (Å²) in [6.07, 6.45) is 2.17. The quantitative estimate of drug-likeness (QED) is 0.895. The minimum Gasteiger partial charge on any atom is -0.340 e. The van der Waals surface area contributed by atoms with Crippen molar-refractivity contribution in [2.45, 2.75) is 38.3 Å². The number of hydrogen-bond donors (Lipinski definition) is 1. The first-order valence-corrected chi connectivity index (χ1v) is 7.63. The number of nitrogens with two attached hydrogens (primary N) is 1. The Morgan fingerprint density at radius 2 is 2.32 bits per heavy atom. The number of hydrogen-bond acceptors (Lipinski definition) is 2. The highest BCUT2D eigenvalue weighted by atomic mass is 79.9. The van der Waals surface area contributed by atoms with Crippen LogP contribution < -0.4 is 5.73 Å². The molecule has 1 saturated heterocycles. The average Bonchev–Trinajstić information content (AvgIpc) is 2.32. The monoisotopic (exact) mass is 344 g/mol. The van der Waals surface area contributed by atoms with E-state index in [1.165, 1.54) is 0 Å². The van der Waals surface area contributed by atoms with Gasteiger partial charge in [0.25, 0.3) is 0 Å². The number of likely N-dealkylation sites (tertiary alicyclic amines) is 1. The van der Waals surface area contributed by atoms with Crippen molar-refractivity contribution in [3.63, 3.8) is 0 Å². The van der Waals surface area contributed by atoms with Crippen molar-refractivity contribution in [1.82, 2.24) is 4.90 Å². The summed E-state index contributed by atoms with van der Waals surface area (Å²) in [6.45, 7) is 2.82. The summed E-state index contributed by atoms with van der Waals surface area (Å²) in [7, 11) is 0. The van der Waals surface area contributed by atoms with Crippen molar-refractivity contribution < 1.29 is 4.79 Å². The van der Waals surface area contributed by atoms with Gasteiger partial charge in [-0.1, -0.05) is 33.6 Å². The molecule has 1 fully saturated rings. The van der Waals surface area contributed by atoms with Crippen LogP contribution in [0.3, 0.4) is 0 Å². The van der Waals surface area contributed by atoms with Gasteiger partial charge in [-0.2, -0.15) is 0 Å². The van der Waals surface area contributed by atoms with Crippen LogP contribution in [0.1, 0.15) is 25.3 Å². The SMILES string of the molecule is C[C@H]1C[C@H](N)CCN1C(=O)Cc1ccc(Cl)cc1Br. The van der Waals surface area contributed by atoms with Crippen molar-refractivity contribution in [2.24, 2.45) is 5.73 Å². The zero-order valence-electron chi connectivity index (χ0n) is 10.9. The van der Waals surface area contributed by atoms with Gasteiger partial charge in [-0.3, -0.25) is 4.79 Å². The van der Waals surface area contributed by atoms with Gasteiger partial charge in [-0.25, -0.2) is 0 Å². The first-order valence-electron chi connectivity index (χ1n) is 6.46. The number of halogens is 2. The molecule has 1 aliphatic heterocycles. The largest absolute Gasteiger partial charge is 0.340 e. The first kappa shape index (κ1) is 14.8. The number of carbonyl (C=O) groups excluding carboxylic acids is 1. The summed E-state index contributed by atoms with van der Waals surface area (Å²) >= 11 is 9.35. The van der Waals surface area contributed by atoms with Crippen LogP contribution in [0.2, 0.25) is 5.02 Å². The third-order valence-corrected chi connectivity index (χ3v) is 4.57. The molecule has 0 bridgehead atoms. The molecule has 104 valence electrons. The van der Waals surface area contributed by atoms with Crippen molar-refractivity contribution in [1.29, 1.82) is 0 Å². The van der Waals surface area contributed by atoms with E-state index < -0.39 is 0 Å². The van der Waals surface area contributed by atoms with Crippen molar-refractivity contribution in [2.75, 3.05) is 6.54 Å². The number of piperidine rings is 1. The van der Waals surface area contributed by atoms with Gasteiger partial charge in [0.1, 0.15) is 0 Å². The highest BCUT2D eigenvalue weighted by Gasteiger charge is 2.27. The molecule has 19 heavy (non-hydrogen) atoms. The fraction of sp³-hybridized carbons (Fsp3) is 0.500. The molecule has 5 heteroatoms. The predicted octanol–water partition coefficient (Wildman–Crippen LogP) is 2.98. The second kappa shape index (κ2) is 6.25. The van der Waals surface area contributed by atoms with Crippen LogP contribution in [0.4, 0.5) is 0 Å². The van der Waals surface area contributed by atoms with E-state index in [0.29, 0.717) is 11.4 Å². The molecule has 0 aromatic heterocycles. The molecule has 2 rings (SSSR count). The fourth-order valence-electron chi connectivity index (χ4n) is 2.51. The summed E-state index contributed by atoms with van der Waals surface area (Å²) < 4.78 is 0.884. The molecule has 1 aromatic carbocycles. The van der Waals surface area contributed by atoms with Gasteiger partial charge in [0.2, 0.25) is 5.91 Å². The Balaban J connectivity index is 2.04. The first-order chi connectivity index (χ1) is 8.97. The van der Waals surface area contributed by atoms with E-state index in [1.54, 1.807) is 0 Å². The molecule has 1 aromatic rings. The second-order valence-corrected chi connectivity index (χ2v) is 6.42. The Labute approximate surface area is 127 Å². The number of carbonyl (C=O) groups is 1. The fourth-order valence-corrected chi connectivity index (χ4v) is 3.33. The smallest absolute Gasteiger partial charge is 0.227 e. The number of rotatable bonds is 2. The van der Waals surface area contributed by atoms with Crippen LogP contribution in [0.25, 0.3) is 0 Å². The normalized spacial score (nSPS) is 23.5. The summed E-state index contributed by atoms with van der Waals surface area (Å²) in [6, 6.07) is 5.97. The molecule has 1 heterocycles. The lowest BCUT2D eigenvalue weighted by Crippen LogP contribution is -2.48. The molecule has 0 radical (unpaired) electrons. The molecular weight excluding hydrogens is 328 g/mol. The molecule has 1 amide bonds. The third kappa shape index (κ3) is 3.71. The number of amides is 1. The molecule has 3 nitrogen and oxygen atoms in total. The Morgan fingerprint density at radius 1 is 1.58 bits per heavy atom. The van der Waals surface area contributed by atoms with Gasteiger partial charge in [-0.05, 0) is 37.5 Å². The maximum atomic E-state index is 12.4. The van der Waals surface area contributed by atoms with Crippen LogP contribution in [-0.4, -0.2) is 29.4 Å². The average molecular weight is 346 g/mol. The van der Waals surface area contributed by atoms with E-state index >= 15 is 0 Å². The predicted molar refractivity (Wildman–Crippen MR) is 81.2 cm³/mol. The van der Waals surface area contributed by atoms with Crippen LogP contribution >= 0.6 is 27.5 Å². The minimum absolute atomic E-state index is 0.155. The summed E-state index contributed by atoms with van der Waals surface area (Å²) in [4.78, 5) is 14.3. The lowest BCUT2D eigenvalue weighted by atomic mass is 9.98. The van der Waals surface area contributed by atoms with E-state index in [1.807, 2.05) is 23.1 Å². The van der Waals surface area contributed by atoms with Gasteiger partial charge >= 0.3 is 0 Å². The number of nitrogens with zero attached hydrogens (tertiary/aromatic N) is 1. The Kier molecular flexibility index (Phi) is 4.87. The Morgan fingerprint density at radius 3 is 2.95 bits per heavy atom. The van der Waals surface area contributed by atoms with E-state index in [-0.39, 0.29) is 18.0 Å². The Bertz CT molecular complexity index is 481. The molecule has 2 atom stereocenters. The molecule has 2 N–H and O–H groups in total. The third-order valence-electron chi connectivity index (χ3n) is 3.59. The van der Waals surface area contributed by atoms with E-state index in [4.69, 9.17) is 17.3 Å². The molecule has 0 aliphatic carbocycles. The van der Waals surface area contributed by atoms with E-state index in [0.717, 1.165) is 29.4 Å². The molecule has 0 spiro atoms. The van der Waals surface area contributed by atoms with Gasteiger partial charge in [-0.15, -0.1) is 0 Å². The van der Waals surface area contributed by atoms with Crippen molar-refractivity contribution in [3.05, 3.63) is 33.3 Å². The summed E-state index contributed by atoms with van der Waals surface area (Å²) in [5.74, 6) is 0.155. The summed E-state index contributed by atoms with van der Waals surface area (Å²) in [5.41, 5.74) is 6.89. The van der Waals surface area contributed by atoms with Crippen molar-refractivity contribution in [3.8, 4) is 0 Å². The van der Waals surface area contributed by atoms with Gasteiger partial charge in [0.05, 0.1) is 6.42 Å². The van der Waals surface area contributed by atoms with Crippen LogP contribution in [0.5, 0.6) is 0 Å². The standard InChI is InChI=1S/C14H18BrClN2O/c1-9-6-12(17)4-5-18(9)14(19)7-10-2-3-11(16)8-13(10)15/h2-3,8-9,12H,4-7,17H2,1H3/t9-,12+/m0/s1. The second-order valence-electron chi connectivity index (χ2n) is 5.13. The zero-order valence-corrected chi connectivity index (χ0v) is 13.2. The van der Waals surface area contributed by atoms with E-state index in [9.17, 15) is 4.79 Å². The van der Waals surface area contributed by atoms with Gasteiger partial charge in [0, 0.05) is 28.1 Å². The lowest BCUT2D eigenvalue weighted by Gasteiger charge is -2.36. The molecule has 0 unspecified atom stereocenters. The van der Waals surface area contributed by atoms with Gasteiger partial charge in [0.15, 0.2) is 0 Å². The molecule has 0 saturated carbocycles. The van der Waals surface area contributed by atoms with Crippen LogP contribution in [0, 0.1) is 0 Å². The highest BCUT2D eigenvalue weighted by molar-refractivity contribution is 9.10. The topological polar surface area (TPSA) is 46.3 Å². The molecule has 1 aliphatic rings. The zero-order chi connectivity index (χ0) is 14.0. The Hall–Kier alpha value is -0.580. The molecular formula is C14H18BrClN2O. The van der Waals surface area contributed by atoms with Crippen LogP contribution in [-0.2, 0) is 11.2 Å². The van der Waals surface area contributed by atoms with E-state index in [2.05, 4.69) is 22.9 Å². The van der Waals surface area contributed by atoms with Gasteiger partial charge < -0.3 is 10.6 Å². The van der Waals surface area contributed by atoms with Crippen LogP contribution in [0.15, 0.2) is 22.7 Å². The maximum absolute atomic E-state index is 12.4. The number of benzene rings is 1. The maximum Gasteiger partial charge on any atom is 0.227 e. The lowest BCUT2D eigenvalue weighted by molar-refractivity contribution is -0.133.